The van der Waals surface area contributed by atoms with Crippen LogP contribution in [0.3, 0.4) is 0 Å². The lowest BCUT2D eigenvalue weighted by Crippen LogP contribution is -2.47. The van der Waals surface area contributed by atoms with E-state index < -0.39 is 17.2 Å². The van der Waals surface area contributed by atoms with Crippen LogP contribution in [0.25, 0.3) is 0 Å². The number of alkyl halides is 3. The molecule has 2 heterocycles. The van der Waals surface area contributed by atoms with Gasteiger partial charge in [0, 0.05) is 38.8 Å². The summed E-state index contributed by atoms with van der Waals surface area (Å²) in [6, 6.07) is 0.910. The van der Waals surface area contributed by atoms with Gasteiger partial charge in [0.1, 0.15) is 5.82 Å². The van der Waals surface area contributed by atoms with Crippen molar-refractivity contribution in [3.05, 3.63) is 17.0 Å². The number of β-amino-alcohol motifs (C(OH)–C–C–N with tert-alkyl or cyclic N) is 1. The lowest BCUT2D eigenvalue weighted by Gasteiger charge is -2.35. The Kier molecular flexibility index (Phi) is 4.66. The van der Waals surface area contributed by atoms with Crippen LogP contribution in [0.4, 0.5) is 19.0 Å². The highest BCUT2D eigenvalue weighted by molar-refractivity contribution is 6.28. The zero-order chi connectivity index (χ0) is 14.8. The average Bonchev–Trinajstić information content (AvgIpc) is 2.38. The summed E-state index contributed by atoms with van der Waals surface area (Å²) in [7, 11) is 0. The van der Waals surface area contributed by atoms with Crippen LogP contribution in [0.2, 0.25) is 5.28 Å². The number of piperazine rings is 1. The van der Waals surface area contributed by atoms with Crippen molar-refractivity contribution in [1.82, 2.24) is 14.9 Å². The molecule has 0 saturated carbocycles. The maximum Gasteiger partial charge on any atom is 0.433 e. The first kappa shape index (κ1) is 15.3. The van der Waals surface area contributed by atoms with Gasteiger partial charge in [-0.25, -0.2) is 9.97 Å². The Morgan fingerprint density at radius 3 is 2.40 bits per heavy atom. The van der Waals surface area contributed by atoms with E-state index in [1.54, 1.807) is 4.90 Å². The molecule has 1 N–H and O–H groups in total. The van der Waals surface area contributed by atoms with Crippen LogP contribution >= 0.6 is 11.6 Å². The second-order valence-corrected chi connectivity index (χ2v) is 4.77. The van der Waals surface area contributed by atoms with Gasteiger partial charge in [-0.3, -0.25) is 4.90 Å². The maximum atomic E-state index is 12.7. The Morgan fingerprint density at radius 1 is 1.20 bits per heavy atom. The standard InChI is InChI=1S/C11H14ClF3N4O/c12-10-16-8(11(13,14)15)7-9(17-10)19-3-1-18(2-4-19)5-6-20/h7,20H,1-6H2. The number of aromatic nitrogens is 2. The third-order valence-electron chi connectivity index (χ3n) is 3.09. The summed E-state index contributed by atoms with van der Waals surface area (Å²) < 4.78 is 38.0. The normalized spacial score (nSPS) is 17.6. The van der Waals surface area contributed by atoms with Crippen molar-refractivity contribution in [3.8, 4) is 0 Å². The SMILES string of the molecule is OCCN1CCN(c2cc(C(F)(F)F)nc(Cl)n2)CC1. The Balaban J connectivity index is 2.12. The fraction of sp³-hybridized carbons (Fsp3) is 0.636. The number of hydrogen-bond donors (Lipinski definition) is 1. The first-order chi connectivity index (χ1) is 9.40. The van der Waals surface area contributed by atoms with E-state index in [1.165, 1.54) is 0 Å². The van der Waals surface area contributed by atoms with Crippen LogP contribution in [0.5, 0.6) is 0 Å². The Hall–Kier alpha value is -1.12. The van der Waals surface area contributed by atoms with Crippen LogP contribution in [0, 0.1) is 0 Å². The molecule has 1 saturated heterocycles. The van der Waals surface area contributed by atoms with Gasteiger partial charge in [0.2, 0.25) is 5.28 Å². The van der Waals surface area contributed by atoms with E-state index in [1.807, 2.05) is 4.90 Å². The van der Waals surface area contributed by atoms with Gasteiger partial charge in [-0.2, -0.15) is 13.2 Å². The molecule has 0 bridgehead atoms. The predicted octanol–water partition coefficient (Wildman–Crippen LogP) is 1.26. The fourth-order valence-corrected chi connectivity index (χ4v) is 2.23. The van der Waals surface area contributed by atoms with Gasteiger partial charge < -0.3 is 10.0 Å². The quantitative estimate of drug-likeness (QED) is 0.852. The summed E-state index contributed by atoms with van der Waals surface area (Å²) in [6.45, 7) is 3.01. The average molecular weight is 311 g/mol. The molecule has 0 spiro atoms. The van der Waals surface area contributed by atoms with E-state index in [0.29, 0.717) is 32.7 Å². The highest BCUT2D eigenvalue weighted by Gasteiger charge is 2.34. The van der Waals surface area contributed by atoms with Gasteiger partial charge in [-0.15, -0.1) is 0 Å². The van der Waals surface area contributed by atoms with E-state index in [0.717, 1.165) is 6.07 Å². The number of hydrogen-bond acceptors (Lipinski definition) is 5. The number of anilines is 1. The second-order valence-electron chi connectivity index (χ2n) is 4.43. The minimum Gasteiger partial charge on any atom is -0.395 e. The molecule has 112 valence electrons. The molecule has 1 aromatic rings. The molecule has 20 heavy (non-hydrogen) atoms. The number of nitrogens with zero attached hydrogens (tertiary/aromatic N) is 4. The minimum absolute atomic E-state index is 0.0670. The van der Waals surface area contributed by atoms with Crippen LogP contribution < -0.4 is 4.90 Å². The topological polar surface area (TPSA) is 52.5 Å². The van der Waals surface area contributed by atoms with E-state index in [2.05, 4.69) is 9.97 Å². The number of aliphatic hydroxyl groups excluding tert-OH is 1. The van der Waals surface area contributed by atoms with E-state index in [9.17, 15) is 13.2 Å². The molecule has 1 aromatic heterocycles. The molecule has 0 unspecified atom stereocenters. The maximum absolute atomic E-state index is 12.7. The van der Waals surface area contributed by atoms with Crippen LogP contribution in [-0.4, -0.2) is 59.3 Å². The van der Waals surface area contributed by atoms with Crippen molar-refractivity contribution < 1.29 is 18.3 Å². The van der Waals surface area contributed by atoms with Crippen molar-refractivity contribution in [1.29, 1.82) is 0 Å². The third-order valence-corrected chi connectivity index (χ3v) is 3.26. The molecule has 0 amide bonds. The first-order valence-electron chi connectivity index (χ1n) is 6.10. The predicted molar refractivity (Wildman–Crippen MR) is 67.8 cm³/mol. The highest BCUT2D eigenvalue weighted by atomic mass is 35.5. The van der Waals surface area contributed by atoms with Gasteiger partial charge in [-0.05, 0) is 11.6 Å². The lowest BCUT2D eigenvalue weighted by atomic mass is 10.3. The van der Waals surface area contributed by atoms with Gasteiger partial charge in [0.15, 0.2) is 5.69 Å². The summed E-state index contributed by atoms with van der Waals surface area (Å²) >= 11 is 5.56. The van der Waals surface area contributed by atoms with Crippen LogP contribution in [-0.2, 0) is 6.18 Å². The summed E-state index contributed by atoms with van der Waals surface area (Å²) in [5.41, 5.74) is -1.04. The summed E-state index contributed by atoms with van der Waals surface area (Å²) in [5.74, 6) is 0.181. The lowest BCUT2D eigenvalue weighted by molar-refractivity contribution is -0.141. The number of rotatable bonds is 3. The van der Waals surface area contributed by atoms with Crippen molar-refractivity contribution in [2.24, 2.45) is 0 Å². The van der Waals surface area contributed by atoms with E-state index in [4.69, 9.17) is 16.7 Å². The molecule has 0 atom stereocenters. The second kappa shape index (κ2) is 6.11. The Labute approximate surface area is 119 Å². The van der Waals surface area contributed by atoms with Gasteiger partial charge in [0.05, 0.1) is 6.61 Å². The van der Waals surface area contributed by atoms with Gasteiger partial charge in [-0.1, -0.05) is 0 Å². The summed E-state index contributed by atoms with van der Waals surface area (Å²) in [6.07, 6.45) is -4.54. The zero-order valence-corrected chi connectivity index (χ0v) is 11.3. The van der Waals surface area contributed by atoms with Crippen LogP contribution in [0.15, 0.2) is 6.07 Å². The molecular formula is C11H14ClF3N4O. The van der Waals surface area contributed by atoms with E-state index in [-0.39, 0.29) is 12.4 Å². The molecular weight excluding hydrogens is 297 g/mol. The van der Waals surface area contributed by atoms with Crippen molar-refractivity contribution in [2.75, 3.05) is 44.2 Å². The minimum atomic E-state index is -4.54. The van der Waals surface area contributed by atoms with Crippen molar-refractivity contribution in [3.63, 3.8) is 0 Å². The number of halogens is 4. The third kappa shape index (κ3) is 3.71. The van der Waals surface area contributed by atoms with Crippen LogP contribution in [0.1, 0.15) is 5.69 Å². The Morgan fingerprint density at radius 2 is 1.85 bits per heavy atom. The molecule has 1 fully saturated rings. The number of aliphatic hydroxyl groups is 1. The smallest absolute Gasteiger partial charge is 0.395 e. The molecule has 0 aliphatic carbocycles. The molecule has 9 heteroatoms. The van der Waals surface area contributed by atoms with Crippen molar-refractivity contribution in [2.45, 2.75) is 6.18 Å². The molecule has 0 aromatic carbocycles. The van der Waals surface area contributed by atoms with Crippen molar-refractivity contribution >= 4 is 17.4 Å². The molecule has 5 nitrogen and oxygen atoms in total. The van der Waals surface area contributed by atoms with Gasteiger partial charge >= 0.3 is 6.18 Å². The van der Waals surface area contributed by atoms with E-state index >= 15 is 0 Å². The zero-order valence-electron chi connectivity index (χ0n) is 10.6. The summed E-state index contributed by atoms with van der Waals surface area (Å²) in [4.78, 5) is 10.8. The Bertz CT molecular complexity index is 463. The largest absolute Gasteiger partial charge is 0.433 e. The fourth-order valence-electron chi connectivity index (χ4n) is 2.05. The monoisotopic (exact) mass is 310 g/mol. The molecule has 0 radical (unpaired) electrons. The molecule has 2 rings (SSSR count). The molecule has 1 aliphatic rings. The molecule has 1 aliphatic heterocycles. The first-order valence-corrected chi connectivity index (χ1v) is 6.48. The summed E-state index contributed by atoms with van der Waals surface area (Å²) in [5, 5.41) is 8.44. The van der Waals surface area contributed by atoms with Gasteiger partial charge in [0.25, 0.3) is 0 Å². The highest BCUT2D eigenvalue weighted by Crippen LogP contribution is 2.30.